The smallest absolute Gasteiger partial charge is 0.410 e. The van der Waals surface area contributed by atoms with Gasteiger partial charge in [0.25, 0.3) is 0 Å². The molecule has 0 radical (unpaired) electrons. The van der Waals surface area contributed by atoms with Crippen LogP contribution in [0.1, 0.15) is 38.8 Å². The monoisotopic (exact) mass is 416 g/mol. The highest BCUT2D eigenvalue weighted by molar-refractivity contribution is 6.28. The highest BCUT2D eigenvalue weighted by Gasteiger charge is 2.30. The van der Waals surface area contributed by atoms with Crippen molar-refractivity contribution in [1.29, 1.82) is 0 Å². The van der Waals surface area contributed by atoms with E-state index in [1.807, 2.05) is 26.8 Å². The second kappa shape index (κ2) is 8.67. The fourth-order valence-corrected chi connectivity index (χ4v) is 3.71. The Hall–Kier alpha value is -2.18. The lowest BCUT2D eigenvalue weighted by atomic mass is 9.99. The lowest BCUT2D eigenvalue weighted by Crippen LogP contribution is -2.54. The van der Waals surface area contributed by atoms with Crippen LogP contribution in [0, 0.1) is 6.92 Å². The lowest BCUT2D eigenvalue weighted by molar-refractivity contribution is 0.00458. The van der Waals surface area contributed by atoms with E-state index in [1.165, 1.54) is 11.1 Å². The molecule has 0 spiro atoms. The number of carbonyl (C=O) groups is 1. The van der Waals surface area contributed by atoms with E-state index in [2.05, 4.69) is 46.9 Å². The number of carbonyl (C=O) groups excluding carboxylic acids is 1. The Balaban J connectivity index is 1.70. The molecule has 0 N–H and O–H groups in total. The number of ether oxygens (including phenoxy) is 1. The van der Waals surface area contributed by atoms with Gasteiger partial charge >= 0.3 is 6.09 Å². The van der Waals surface area contributed by atoms with Gasteiger partial charge in [-0.15, -0.1) is 0 Å². The molecule has 0 aliphatic carbocycles. The molecule has 0 saturated carbocycles. The SMILES string of the molecule is Cc1c(CN2CCN(C(=O)OC(C)(C)C)C[C@@H]2C)cccc1-c1ccnc(Cl)n1. The van der Waals surface area contributed by atoms with E-state index in [1.54, 1.807) is 11.1 Å². The van der Waals surface area contributed by atoms with Crippen molar-refractivity contribution in [2.45, 2.75) is 52.8 Å². The number of hydrogen-bond acceptors (Lipinski definition) is 5. The predicted octanol–water partition coefficient (Wildman–Crippen LogP) is 4.55. The maximum atomic E-state index is 12.4. The normalized spacial score (nSPS) is 18.0. The number of aromatic nitrogens is 2. The van der Waals surface area contributed by atoms with Crippen molar-refractivity contribution < 1.29 is 9.53 Å². The van der Waals surface area contributed by atoms with Gasteiger partial charge in [-0.3, -0.25) is 4.90 Å². The number of rotatable bonds is 3. The van der Waals surface area contributed by atoms with Gasteiger partial charge in [0, 0.05) is 44.0 Å². The molecule has 0 bridgehead atoms. The summed E-state index contributed by atoms with van der Waals surface area (Å²) in [6.07, 6.45) is 1.44. The maximum Gasteiger partial charge on any atom is 0.410 e. The summed E-state index contributed by atoms with van der Waals surface area (Å²) in [5.41, 5.74) is 3.84. The molecule has 1 aliphatic rings. The minimum Gasteiger partial charge on any atom is -0.444 e. The molecular formula is C22H29ClN4O2. The van der Waals surface area contributed by atoms with Crippen LogP contribution in [0.25, 0.3) is 11.3 Å². The first-order valence-corrected chi connectivity index (χ1v) is 10.3. The third-order valence-corrected chi connectivity index (χ3v) is 5.32. The van der Waals surface area contributed by atoms with E-state index in [4.69, 9.17) is 16.3 Å². The van der Waals surface area contributed by atoms with Crippen LogP contribution in [0.4, 0.5) is 4.79 Å². The summed E-state index contributed by atoms with van der Waals surface area (Å²) in [5, 5.41) is 0.249. The number of piperazine rings is 1. The first-order valence-electron chi connectivity index (χ1n) is 9.93. The third-order valence-electron chi connectivity index (χ3n) is 5.14. The highest BCUT2D eigenvalue weighted by atomic mass is 35.5. The molecule has 1 aliphatic heterocycles. The van der Waals surface area contributed by atoms with Crippen LogP contribution in [0.15, 0.2) is 30.5 Å². The van der Waals surface area contributed by atoms with E-state index in [9.17, 15) is 4.79 Å². The standard InChI is InChI=1S/C22H29ClN4O2/c1-15-13-27(21(28)29-22(3,4)5)12-11-26(15)14-17-7-6-8-18(16(17)2)19-9-10-24-20(23)25-19/h6-10,15H,11-14H2,1-5H3/t15-/m0/s1. The van der Waals surface area contributed by atoms with Gasteiger partial charge in [-0.2, -0.15) is 0 Å². The van der Waals surface area contributed by atoms with Gasteiger partial charge in [-0.05, 0) is 63.4 Å². The average molecular weight is 417 g/mol. The van der Waals surface area contributed by atoms with Crippen LogP contribution >= 0.6 is 11.6 Å². The Bertz CT molecular complexity index is 881. The summed E-state index contributed by atoms with van der Waals surface area (Å²) < 4.78 is 5.52. The largest absolute Gasteiger partial charge is 0.444 e. The van der Waals surface area contributed by atoms with E-state index < -0.39 is 5.60 Å². The molecule has 0 unspecified atom stereocenters. The Morgan fingerprint density at radius 2 is 2.03 bits per heavy atom. The Morgan fingerprint density at radius 3 is 2.69 bits per heavy atom. The predicted molar refractivity (Wildman–Crippen MR) is 115 cm³/mol. The zero-order valence-corrected chi connectivity index (χ0v) is 18.5. The number of nitrogens with zero attached hydrogens (tertiary/aromatic N) is 4. The van der Waals surface area contributed by atoms with Gasteiger partial charge in [0.1, 0.15) is 5.60 Å². The molecule has 1 aromatic carbocycles. The molecule has 1 atom stereocenters. The molecule has 2 aromatic rings. The van der Waals surface area contributed by atoms with Crippen molar-refractivity contribution in [3.63, 3.8) is 0 Å². The average Bonchev–Trinajstić information content (AvgIpc) is 2.63. The quantitative estimate of drug-likeness (QED) is 0.687. The van der Waals surface area contributed by atoms with Crippen LogP contribution in [0.2, 0.25) is 5.28 Å². The third kappa shape index (κ3) is 5.46. The van der Waals surface area contributed by atoms with Gasteiger partial charge in [0.15, 0.2) is 0 Å². The van der Waals surface area contributed by atoms with E-state index in [0.717, 1.165) is 24.3 Å². The first kappa shape index (κ1) is 21.5. The van der Waals surface area contributed by atoms with Gasteiger partial charge < -0.3 is 9.64 Å². The van der Waals surface area contributed by atoms with E-state index in [-0.39, 0.29) is 17.4 Å². The summed E-state index contributed by atoms with van der Waals surface area (Å²) in [6, 6.07) is 8.37. The zero-order chi connectivity index (χ0) is 21.2. The molecule has 1 fully saturated rings. The summed E-state index contributed by atoms with van der Waals surface area (Å²) in [5.74, 6) is 0. The molecule has 1 aromatic heterocycles. The summed E-state index contributed by atoms with van der Waals surface area (Å²) in [4.78, 5) is 24.9. The van der Waals surface area contributed by atoms with Crippen molar-refractivity contribution in [3.05, 3.63) is 46.9 Å². The van der Waals surface area contributed by atoms with Crippen LogP contribution < -0.4 is 0 Å². The molecule has 1 amide bonds. The van der Waals surface area contributed by atoms with Crippen LogP contribution in [0.5, 0.6) is 0 Å². The van der Waals surface area contributed by atoms with Gasteiger partial charge in [-0.1, -0.05) is 18.2 Å². The molecule has 2 heterocycles. The number of halogens is 1. The topological polar surface area (TPSA) is 58.6 Å². The Morgan fingerprint density at radius 1 is 1.28 bits per heavy atom. The summed E-state index contributed by atoms with van der Waals surface area (Å²) >= 11 is 5.97. The molecule has 156 valence electrons. The Labute approximate surface area is 177 Å². The number of amides is 1. The minimum atomic E-state index is -0.473. The van der Waals surface area contributed by atoms with Crippen LogP contribution in [-0.2, 0) is 11.3 Å². The number of benzene rings is 1. The van der Waals surface area contributed by atoms with Crippen LogP contribution in [0.3, 0.4) is 0 Å². The minimum absolute atomic E-state index is 0.234. The van der Waals surface area contributed by atoms with Crippen molar-refractivity contribution in [1.82, 2.24) is 19.8 Å². The van der Waals surface area contributed by atoms with Gasteiger partial charge in [0.05, 0.1) is 5.69 Å². The first-order chi connectivity index (χ1) is 13.6. The lowest BCUT2D eigenvalue weighted by Gasteiger charge is -2.40. The van der Waals surface area contributed by atoms with Crippen LogP contribution in [-0.4, -0.2) is 57.1 Å². The van der Waals surface area contributed by atoms with E-state index >= 15 is 0 Å². The van der Waals surface area contributed by atoms with Crippen molar-refractivity contribution in [2.24, 2.45) is 0 Å². The molecular weight excluding hydrogens is 388 g/mol. The van der Waals surface area contributed by atoms with Gasteiger partial charge in [0.2, 0.25) is 5.28 Å². The van der Waals surface area contributed by atoms with Crippen molar-refractivity contribution in [3.8, 4) is 11.3 Å². The summed E-state index contributed by atoms with van der Waals surface area (Å²) in [7, 11) is 0. The van der Waals surface area contributed by atoms with E-state index in [0.29, 0.717) is 13.1 Å². The fourth-order valence-electron chi connectivity index (χ4n) is 3.56. The number of hydrogen-bond donors (Lipinski definition) is 0. The van der Waals surface area contributed by atoms with Crippen molar-refractivity contribution in [2.75, 3.05) is 19.6 Å². The van der Waals surface area contributed by atoms with Gasteiger partial charge in [-0.25, -0.2) is 14.8 Å². The zero-order valence-electron chi connectivity index (χ0n) is 17.8. The molecule has 1 saturated heterocycles. The second-order valence-corrected chi connectivity index (χ2v) is 8.88. The maximum absolute atomic E-state index is 12.4. The highest BCUT2D eigenvalue weighted by Crippen LogP contribution is 2.26. The fraction of sp³-hybridized carbons (Fsp3) is 0.500. The molecule has 7 heteroatoms. The molecule has 3 rings (SSSR count). The summed E-state index contributed by atoms with van der Waals surface area (Å²) in [6.45, 7) is 12.9. The Kier molecular flexibility index (Phi) is 6.44. The second-order valence-electron chi connectivity index (χ2n) is 8.55. The molecule has 6 nitrogen and oxygen atoms in total. The molecule has 29 heavy (non-hydrogen) atoms. The van der Waals surface area contributed by atoms with Crippen molar-refractivity contribution >= 4 is 17.7 Å².